The van der Waals surface area contributed by atoms with Gasteiger partial charge in [-0.2, -0.15) is 0 Å². The maximum Gasteiger partial charge on any atom is 0.319 e. The largest absolute Gasteiger partial charge is 0.338 e. The number of rotatable bonds is 2. The van der Waals surface area contributed by atoms with E-state index < -0.39 is 0 Å². The molecule has 3 heterocycles. The number of amides is 3. The van der Waals surface area contributed by atoms with Gasteiger partial charge >= 0.3 is 6.03 Å². The molecule has 1 atom stereocenters. The molecule has 2 fully saturated rings. The van der Waals surface area contributed by atoms with Crippen molar-refractivity contribution < 1.29 is 9.59 Å². The number of aromatic nitrogens is 1. The van der Waals surface area contributed by atoms with Crippen LogP contribution in [0.25, 0.3) is 0 Å². The van der Waals surface area contributed by atoms with Crippen LogP contribution in [0.5, 0.6) is 0 Å². The van der Waals surface area contributed by atoms with Crippen molar-refractivity contribution >= 4 is 11.9 Å². The molecule has 2 aliphatic rings. The van der Waals surface area contributed by atoms with Crippen molar-refractivity contribution in [2.75, 3.05) is 33.7 Å². The SMILES string of the molecule is CN(C)C(=O)N1CCC[C@@]2(CCN(Cc3ccncc3)C2=O)C1. The minimum Gasteiger partial charge on any atom is -0.338 e. The van der Waals surface area contributed by atoms with Crippen LogP contribution in [-0.2, 0) is 11.3 Å². The van der Waals surface area contributed by atoms with Crippen LogP contribution in [0.1, 0.15) is 24.8 Å². The summed E-state index contributed by atoms with van der Waals surface area (Å²) in [6.07, 6.45) is 6.13. The van der Waals surface area contributed by atoms with Crippen LogP contribution in [0.15, 0.2) is 24.5 Å². The van der Waals surface area contributed by atoms with Crippen LogP contribution in [0, 0.1) is 5.41 Å². The van der Waals surface area contributed by atoms with Crippen LogP contribution < -0.4 is 0 Å². The Hall–Kier alpha value is -2.11. The molecule has 0 bridgehead atoms. The van der Waals surface area contributed by atoms with E-state index in [4.69, 9.17) is 0 Å². The van der Waals surface area contributed by atoms with Crippen LogP contribution in [0.2, 0.25) is 0 Å². The average molecular weight is 316 g/mol. The monoisotopic (exact) mass is 316 g/mol. The number of nitrogens with zero attached hydrogens (tertiary/aromatic N) is 4. The van der Waals surface area contributed by atoms with Crippen molar-refractivity contribution in [2.45, 2.75) is 25.8 Å². The minimum atomic E-state index is -0.378. The van der Waals surface area contributed by atoms with Crippen molar-refractivity contribution in [1.82, 2.24) is 19.7 Å². The lowest BCUT2D eigenvalue weighted by Crippen LogP contribution is -2.52. The number of urea groups is 1. The summed E-state index contributed by atoms with van der Waals surface area (Å²) in [6, 6.07) is 3.90. The van der Waals surface area contributed by atoms with Crippen molar-refractivity contribution in [2.24, 2.45) is 5.41 Å². The summed E-state index contributed by atoms with van der Waals surface area (Å²) >= 11 is 0. The first-order valence-corrected chi connectivity index (χ1v) is 8.16. The highest BCUT2D eigenvalue weighted by atomic mass is 16.2. The van der Waals surface area contributed by atoms with Gasteiger partial charge in [0, 0.05) is 52.7 Å². The predicted octanol–water partition coefficient (Wildman–Crippen LogP) is 1.58. The first kappa shape index (κ1) is 15.8. The molecule has 2 aliphatic heterocycles. The van der Waals surface area contributed by atoms with Gasteiger partial charge in [0.25, 0.3) is 0 Å². The maximum atomic E-state index is 13.0. The molecule has 0 N–H and O–H groups in total. The fourth-order valence-electron chi connectivity index (χ4n) is 3.71. The molecule has 2 saturated heterocycles. The minimum absolute atomic E-state index is 0.00413. The molecular formula is C17H24N4O2. The van der Waals surface area contributed by atoms with E-state index in [2.05, 4.69) is 4.98 Å². The van der Waals surface area contributed by atoms with Gasteiger partial charge in [0.05, 0.1) is 5.41 Å². The molecule has 1 aromatic rings. The van der Waals surface area contributed by atoms with Gasteiger partial charge in [0.1, 0.15) is 0 Å². The molecule has 124 valence electrons. The van der Waals surface area contributed by atoms with Gasteiger partial charge < -0.3 is 14.7 Å². The van der Waals surface area contributed by atoms with Gasteiger partial charge in [-0.05, 0) is 37.0 Å². The summed E-state index contributed by atoms with van der Waals surface area (Å²) in [7, 11) is 3.52. The Bertz CT molecular complexity index is 590. The number of carbonyl (C=O) groups is 2. The van der Waals surface area contributed by atoms with Gasteiger partial charge in [-0.15, -0.1) is 0 Å². The van der Waals surface area contributed by atoms with Crippen molar-refractivity contribution in [1.29, 1.82) is 0 Å². The maximum absolute atomic E-state index is 13.0. The predicted molar refractivity (Wildman–Crippen MR) is 86.6 cm³/mol. The summed E-state index contributed by atoms with van der Waals surface area (Å²) in [6.45, 7) is 2.70. The number of pyridine rings is 1. The normalized spacial score (nSPS) is 24.3. The second kappa shape index (κ2) is 6.18. The molecule has 3 amide bonds. The lowest BCUT2D eigenvalue weighted by Gasteiger charge is -2.39. The van der Waals surface area contributed by atoms with E-state index in [1.165, 1.54) is 0 Å². The summed E-state index contributed by atoms with van der Waals surface area (Å²) in [5.41, 5.74) is 0.721. The molecule has 0 saturated carbocycles. The highest BCUT2D eigenvalue weighted by molar-refractivity contribution is 5.86. The van der Waals surface area contributed by atoms with E-state index in [1.54, 1.807) is 31.4 Å². The van der Waals surface area contributed by atoms with Gasteiger partial charge in [0.15, 0.2) is 0 Å². The van der Waals surface area contributed by atoms with Gasteiger partial charge in [0.2, 0.25) is 5.91 Å². The highest BCUT2D eigenvalue weighted by Crippen LogP contribution is 2.40. The summed E-state index contributed by atoms with van der Waals surface area (Å²) < 4.78 is 0. The van der Waals surface area contributed by atoms with Crippen molar-refractivity contribution in [3.63, 3.8) is 0 Å². The van der Waals surface area contributed by atoms with E-state index in [-0.39, 0.29) is 17.4 Å². The molecule has 1 aromatic heterocycles. The Balaban J connectivity index is 1.71. The smallest absolute Gasteiger partial charge is 0.319 e. The fraction of sp³-hybridized carbons (Fsp3) is 0.588. The topological polar surface area (TPSA) is 56.8 Å². The Morgan fingerprint density at radius 2 is 2.00 bits per heavy atom. The zero-order valence-electron chi connectivity index (χ0n) is 13.9. The first-order chi connectivity index (χ1) is 11.0. The van der Waals surface area contributed by atoms with Crippen LogP contribution in [0.3, 0.4) is 0 Å². The standard InChI is InChI=1S/C17H24N4O2/c1-19(2)16(23)21-10-3-6-17(13-21)7-11-20(15(17)22)12-14-4-8-18-9-5-14/h4-5,8-9H,3,6-7,10-13H2,1-2H3/t17-/m1/s1. The van der Waals surface area contributed by atoms with E-state index >= 15 is 0 Å². The van der Waals surface area contributed by atoms with E-state index in [0.717, 1.165) is 37.9 Å². The second-order valence-corrected chi connectivity index (χ2v) is 6.81. The van der Waals surface area contributed by atoms with Crippen molar-refractivity contribution in [3.05, 3.63) is 30.1 Å². The summed E-state index contributed by atoms with van der Waals surface area (Å²) in [5.74, 6) is 0.200. The Morgan fingerprint density at radius 1 is 1.26 bits per heavy atom. The Morgan fingerprint density at radius 3 is 2.70 bits per heavy atom. The van der Waals surface area contributed by atoms with Gasteiger partial charge in [-0.25, -0.2) is 4.79 Å². The molecule has 6 nitrogen and oxygen atoms in total. The average Bonchev–Trinajstić information content (AvgIpc) is 2.84. The Kier molecular flexibility index (Phi) is 4.24. The lowest BCUT2D eigenvalue weighted by molar-refractivity contribution is -0.138. The van der Waals surface area contributed by atoms with E-state index in [0.29, 0.717) is 13.1 Å². The van der Waals surface area contributed by atoms with Gasteiger partial charge in [-0.3, -0.25) is 9.78 Å². The summed E-state index contributed by atoms with van der Waals surface area (Å²) in [4.78, 5) is 34.6. The van der Waals surface area contributed by atoms with Gasteiger partial charge in [-0.1, -0.05) is 0 Å². The highest BCUT2D eigenvalue weighted by Gasteiger charge is 2.49. The van der Waals surface area contributed by atoms with E-state index in [1.807, 2.05) is 21.9 Å². The summed E-state index contributed by atoms with van der Waals surface area (Å²) in [5, 5.41) is 0. The lowest BCUT2D eigenvalue weighted by atomic mass is 9.78. The second-order valence-electron chi connectivity index (χ2n) is 6.81. The van der Waals surface area contributed by atoms with Crippen LogP contribution in [0.4, 0.5) is 4.79 Å². The van der Waals surface area contributed by atoms with Crippen molar-refractivity contribution in [3.8, 4) is 0 Å². The quantitative estimate of drug-likeness (QED) is 0.832. The third-order valence-corrected chi connectivity index (χ3v) is 4.95. The van der Waals surface area contributed by atoms with Crippen LogP contribution >= 0.6 is 0 Å². The number of hydrogen-bond donors (Lipinski definition) is 0. The molecule has 1 spiro atoms. The Labute approximate surface area is 137 Å². The molecule has 0 aliphatic carbocycles. The first-order valence-electron chi connectivity index (χ1n) is 8.16. The zero-order valence-corrected chi connectivity index (χ0v) is 13.9. The third kappa shape index (κ3) is 3.02. The number of piperidine rings is 1. The number of carbonyl (C=O) groups excluding carboxylic acids is 2. The number of likely N-dealkylation sites (tertiary alicyclic amines) is 2. The molecule has 23 heavy (non-hydrogen) atoms. The third-order valence-electron chi connectivity index (χ3n) is 4.95. The number of hydrogen-bond acceptors (Lipinski definition) is 3. The van der Waals surface area contributed by atoms with Crippen LogP contribution in [-0.4, -0.2) is 65.4 Å². The molecule has 6 heteroatoms. The molecule has 0 unspecified atom stereocenters. The molecule has 3 rings (SSSR count). The zero-order chi connectivity index (χ0) is 16.4. The molecule has 0 aromatic carbocycles. The fourth-order valence-corrected chi connectivity index (χ4v) is 3.71. The van der Waals surface area contributed by atoms with E-state index in [9.17, 15) is 9.59 Å². The molecule has 0 radical (unpaired) electrons. The molecular weight excluding hydrogens is 292 g/mol.